The van der Waals surface area contributed by atoms with Gasteiger partial charge in [0.1, 0.15) is 5.75 Å². The molecule has 4 heteroatoms. The number of halogens is 2. The Hall–Kier alpha value is -1.77. The van der Waals surface area contributed by atoms with Crippen molar-refractivity contribution in [1.29, 1.82) is 0 Å². The summed E-state index contributed by atoms with van der Waals surface area (Å²) >= 11 is 12.2. The number of aromatic nitrogens is 1. The molecule has 0 N–H and O–H groups in total. The first-order chi connectivity index (χ1) is 10.2. The van der Waals surface area contributed by atoms with Crippen LogP contribution in [0, 0.1) is 6.92 Å². The van der Waals surface area contributed by atoms with Crippen LogP contribution in [0.25, 0.3) is 10.9 Å². The van der Waals surface area contributed by atoms with Crippen LogP contribution >= 0.6 is 23.2 Å². The number of fused-ring (bicyclic) bond motifs is 1. The van der Waals surface area contributed by atoms with Crippen molar-refractivity contribution in [2.24, 2.45) is 0 Å². The number of pyridine rings is 1. The van der Waals surface area contributed by atoms with Gasteiger partial charge in [-0.25, -0.2) is 4.98 Å². The molecule has 0 atom stereocenters. The Morgan fingerprint density at radius 2 is 1.90 bits per heavy atom. The molecule has 1 aromatic heterocycles. The second-order valence-electron chi connectivity index (χ2n) is 4.81. The van der Waals surface area contributed by atoms with Gasteiger partial charge in [-0.3, -0.25) is 0 Å². The average molecular weight is 318 g/mol. The van der Waals surface area contributed by atoms with Crippen molar-refractivity contribution in [3.05, 3.63) is 64.7 Å². The molecule has 0 spiro atoms. The number of nitrogens with zero attached hydrogens (tertiary/aromatic N) is 1. The monoisotopic (exact) mass is 317 g/mol. The van der Waals surface area contributed by atoms with Gasteiger partial charge < -0.3 is 4.74 Å². The number of alkyl halides is 1. The molecule has 0 aliphatic heterocycles. The molecule has 0 saturated heterocycles. The first kappa shape index (κ1) is 14.2. The highest BCUT2D eigenvalue weighted by atomic mass is 35.5. The Morgan fingerprint density at radius 1 is 1.10 bits per heavy atom. The summed E-state index contributed by atoms with van der Waals surface area (Å²) in [6, 6.07) is 15.4. The summed E-state index contributed by atoms with van der Waals surface area (Å²) in [5.74, 6) is 1.50. The minimum absolute atomic E-state index is 0.404. The summed E-state index contributed by atoms with van der Waals surface area (Å²) in [6.07, 6.45) is 0. The van der Waals surface area contributed by atoms with E-state index >= 15 is 0 Å². The first-order valence-corrected chi connectivity index (χ1v) is 7.47. The highest BCUT2D eigenvalue weighted by Crippen LogP contribution is 2.31. The largest absolute Gasteiger partial charge is 0.437 e. The summed E-state index contributed by atoms with van der Waals surface area (Å²) < 4.78 is 5.84. The van der Waals surface area contributed by atoms with E-state index in [0.29, 0.717) is 22.5 Å². The molecule has 0 aliphatic rings. The van der Waals surface area contributed by atoms with Crippen molar-refractivity contribution in [3.63, 3.8) is 0 Å². The summed E-state index contributed by atoms with van der Waals surface area (Å²) in [4.78, 5) is 4.51. The van der Waals surface area contributed by atoms with Crippen LogP contribution in [0.1, 0.15) is 11.1 Å². The van der Waals surface area contributed by atoms with Crippen LogP contribution in [0.4, 0.5) is 0 Å². The topological polar surface area (TPSA) is 22.1 Å². The Morgan fingerprint density at radius 3 is 2.71 bits per heavy atom. The maximum absolute atomic E-state index is 6.16. The molecule has 2 aromatic carbocycles. The van der Waals surface area contributed by atoms with E-state index < -0.39 is 0 Å². The van der Waals surface area contributed by atoms with Crippen molar-refractivity contribution in [2.75, 3.05) is 0 Å². The molecular weight excluding hydrogens is 305 g/mol. The van der Waals surface area contributed by atoms with Gasteiger partial charge in [0.25, 0.3) is 0 Å². The van der Waals surface area contributed by atoms with Gasteiger partial charge in [-0.05, 0) is 36.2 Å². The Balaban J connectivity index is 2.06. The second-order valence-corrected chi connectivity index (χ2v) is 5.48. The van der Waals surface area contributed by atoms with E-state index in [-0.39, 0.29) is 0 Å². The zero-order valence-electron chi connectivity index (χ0n) is 11.4. The van der Waals surface area contributed by atoms with Crippen molar-refractivity contribution in [1.82, 2.24) is 4.98 Å². The predicted molar refractivity (Wildman–Crippen MR) is 87.6 cm³/mol. The zero-order chi connectivity index (χ0) is 14.8. The minimum Gasteiger partial charge on any atom is -0.437 e. The Bertz CT molecular complexity index is 802. The van der Waals surface area contributed by atoms with Crippen molar-refractivity contribution >= 4 is 34.1 Å². The van der Waals surface area contributed by atoms with Crippen LogP contribution in [0.3, 0.4) is 0 Å². The van der Waals surface area contributed by atoms with Crippen molar-refractivity contribution in [3.8, 4) is 11.6 Å². The third-order valence-corrected chi connectivity index (χ3v) is 3.82. The molecule has 0 radical (unpaired) electrons. The molecular formula is C17H13Cl2NO. The van der Waals surface area contributed by atoms with Gasteiger partial charge in [0.15, 0.2) is 0 Å². The molecule has 1 heterocycles. The fourth-order valence-electron chi connectivity index (χ4n) is 2.18. The van der Waals surface area contributed by atoms with E-state index in [1.54, 1.807) is 0 Å². The fraction of sp³-hybridized carbons (Fsp3) is 0.118. The number of hydrogen-bond donors (Lipinski definition) is 0. The molecule has 0 fully saturated rings. The third-order valence-electron chi connectivity index (χ3n) is 3.22. The lowest BCUT2D eigenvalue weighted by molar-refractivity contribution is 0.464. The maximum atomic E-state index is 6.16. The molecule has 106 valence electrons. The van der Waals surface area contributed by atoms with Crippen LogP contribution in [0.5, 0.6) is 11.6 Å². The van der Waals surface area contributed by atoms with E-state index in [9.17, 15) is 0 Å². The highest BCUT2D eigenvalue weighted by molar-refractivity contribution is 6.32. The fourth-order valence-corrected chi connectivity index (χ4v) is 2.56. The molecule has 3 rings (SSSR count). The lowest BCUT2D eigenvalue weighted by Crippen LogP contribution is -1.93. The Labute approximate surface area is 133 Å². The van der Waals surface area contributed by atoms with Gasteiger partial charge >= 0.3 is 0 Å². The van der Waals surface area contributed by atoms with Crippen LogP contribution in [0.15, 0.2) is 48.5 Å². The van der Waals surface area contributed by atoms with Crippen molar-refractivity contribution in [2.45, 2.75) is 12.8 Å². The second kappa shape index (κ2) is 5.92. The van der Waals surface area contributed by atoms with E-state index in [1.165, 1.54) is 0 Å². The number of benzene rings is 2. The number of aryl methyl sites for hydroxylation is 1. The predicted octanol–water partition coefficient (Wildman–Crippen LogP) is 5.73. The molecule has 3 aromatic rings. The van der Waals surface area contributed by atoms with E-state index in [2.05, 4.69) is 4.98 Å². The van der Waals surface area contributed by atoms with Crippen LogP contribution in [-0.4, -0.2) is 4.98 Å². The number of rotatable bonds is 3. The average Bonchev–Trinajstić information content (AvgIpc) is 2.50. The standard InChI is InChI=1S/C17H13Cl2NO/c1-11-6-7-14(19)16(8-11)21-17-9-12(10-18)13-4-2-3-5-15(13)20-17/h2-9H,10H2,1H3. The van der Waals surface area contributed by atoms with Crippen LogP contribution in [0.2, 0.25) is 5.02 Å². The lowest BCUT2D eigenvalue weighted by Gasteiger charge is -2.10. The summed E-state index contributed by atoms with van der Waals surface area (Å²) in [7, 11) is 0. The van der Waals surface area contributed by atoms with E-state index in [0.717, 1.165) is 22.0 Å². The lowest BCUT2D eigenvalue weighted by atomic mass is 10.1. The van der Waals surface area contributed by atoms with Gasteiger partial charge in [0.2, 0.25) is 5.88 Å². The molecule has 0 aliphatic carbocycles. The summed E-state index contributed by atoms with van der Waals surface area (Å²) in [5, 5.41) is 1.60. The SMILES string of the molecule is Cc1ccc(Cl)c(Oc2cc(CCl)c3ccccc3n2)c1. The van der Waals surface area contributed by atoms with Gasteiger partial charge in [0, 0.05) is 17.3 Å². The Kier molecular flexibility index (Phi) is 4.00. The summed E-state index contributed by atoms with van der Waals surface area (Å²) in [6.45, 7) is 1.99. The molecule has 0 bridgehead atoms. The third kappa shape index (κ3) is 2.97. The van der Waals surface area contributed by atoms with Crippen molar-refractivity contribution < 1.29 is 4.74 Å². The molecule has 0 amide bonds. The number of hydrogen-bond acceptors (Lipinski definition) is 2. The molecule has 0 unspecified atom stereocenters. The van der Waals surface area contributed by atoms with Gasteiger partial charge in [-0.2, -0.15) is 0 Å². The number of ether oxygens (including phenoxy) is 1. The van der Waals surface area contributed by atoms with E-state index in [1.807, 2.05) is 55.5 Å². The van der Waals surface area contributed by atoms with Gasteiger partial charge in [-0.15, -0.1) is 11.6 Å². The highest BCUT2D eigenvalue weighted by Gasteiger charge is 2.09. The normalized spacial score (nSPS) is 10.8. The zero-order valence-corrected chi connectivity index (χ0v) is 12.9. The minimum atomic E-state index is 0.404. The molecule has 0 saturated carbocycles. The number of para-hydroxylation sites is 1. The maximum Gasteiger partial charge on any atom is 0.220 e. The molecule has 21 heavy (non-hydrogen) atoms. The van der Waals surface area contributed by atoms with Gasteiger partial charge in [-0.1, -0.05) is 35.9 Å². The van der Waals surface area contributed by atoms with E-state index in [4.69, 9.17) is 27.9 Å². The van der Waals surface area contributed by atoms with Crippen LogP contribution in [-0.2, 0) is 5.88 Å². The quantitative estimate of drug-likeness (QED) is 0.576. The molecule has 2 nitrogen and oxygen atoms in total. The summed E-state index contributed by atoms with van der Waals surface area (Å²) in [5.41, 5.74) is 2.92. The van der Waals surface area contributed by atoms with Crippen LogP contribution < -0.4 is 4.74 Å². The van der Waals surface area contributed by atoms with Gasteiger partial charge in [0.05, 0.1) is 10.5 Å². The smallest absolute Gasteiger partial charge is 0.220 e. The first-order valence-electron chi connectivity index (χ1n) is 6.56.